The number of aromatic nitrogens is 6. The fourth-order valence-electron chi connectivity index (χ4n) is 5.02. The normalized spacial score (nSPS) is 11.6. The minimum absolute atomic E-state index is 0.127. The van der Waals surface area contributed by atoms with E-state index < -0.39 is 5.82 Å². The van der Waals surface area contributed by atoms with Gasteiger partial charge in [0.15, 0.2) is 11.4 Å². The first-order valence-electron chi connectivity index (χ1n) is 12.4. The zero-order valence-corrected chi connectivity index (χ0v) is 21.1. The summed E-state index contributed by atoms with van der Waals surface area (Å²) >= 11 is 0. The summed E-state index contributed by atoms with van der Waals surface area (Å²) in [6.07, 6.45) is 1.33. The molecule has 0 aliphatic carbocycles. The van der Waals surface area contributed by atoms with Crippen molar-refractivity contribution < 1.29 is 8.81 Å². The van der Waals surface area contributed by atoms with Crippen LogP contribution in [0.2, 0.25) is 0 Å². The number of benzene rings is 3. The molecule has 4 aromatic heterocycles. The van der Waals surface area contributed by atoms with Gasteiger partial charge in [0, 0.05) is 10.9 Å². The molecule has 0 atom stereocenters. The van der Waals surface area contributed by atoms with Gasteiger partial charge in [-0.15, -0.1) is 0 Å². The highest BCUT2D eigenvalue weighted by Crippen LogP contribution is 2.36. The van der Waals surface area contributed by atoms with Crippen molar-refractivity contribution in [1.82, 2.24) is 29.9 Å². The summed E-state index contributed by atoms with van der Waals surface area (Å²) in [5, 5.41) is 14.0. The Labute approximate surface area is 225 Å². The van der Waals surface area contributed by atoms with E-state index in [1.165, 1.54) is 29.2 Å². The minimum Gasteiger partial charge on any atom is -0.454 e. The Bertz CT molecular complexity index is 2210. The van der Waals surface area contributed by atoms with E-state index in [2.05, 4.69) is 26.7 Å². The van der Waals surface area contributed by atoms with Crippen molar-refractivity contribution >= 4 is 44.4 Å². The Morgan fingerprint density at radius 3 is 2.73 bits per heavy atom. The summed E-state index contributed by atoms with van der Waals surface area (Å²) in [4.78, 5) is 22.4. The molecule has 9 nitrogen and oxygen atoms in total. The molecule has 0 spiro atoms. The topological polar surface area (TPSA) is 129 Å². The molecule has 0 radical (unpaired) electrons. The maximum atomic E-state index is 14.3. The van der Waals surface area contributed by atoms with Gasteiger partial charge in [0.05, 0.1) is 27.5 Å². The lowest BCUT2D eigenvalue weighted by Gasteiger charge is -2.13. The molecule has 40 heavy (non-hydrogen) atoms. The fraction of sp³-hybridized carbons (Fsp3) is 0.0333. The van der Waals surface area contributed by atoms with Crippen molar-refractivity contribution in [2.45, 2.75) is 6.92 Å². The molecule has 194 valence electrons. The van der Waals surface area contributed by atoms with Crippen LogP contribution in [0.5, 0.6) is 0 Å². The van der Waals surface area contributed by atoms with Crippen molar-refractivity contribution in [3.05, 3.63) is 107 Å². The summed E-state index contributed by atoms with van der Waals surface area (Å²) in [5.74, 6) is -0.134. The van der Waals surface area contributed by atoms with Crippen molar-refractivity contribution in [2.75, 3.05) is 5.73 Å². The smallest absolute Gasteiger partial charge is 0.201 e. The number of hydrogen-bond donors (Lipinski definition) is 2. The number of aryl methyl sites for hydroxylation is 1. The number of halogens is 1. The van der Waals surface area contributed by atoms with Crippen LogP contribution < -0.4 is 11.2 Å². The van der Waals surface area contributed by atoms with Crippen LogP contribution >= 0.6 is 0 Å². The average molecular weight is 530 g/mol. The molecule has 0 aliphatic heterocycles. The predicted molar refractivity (Wildman–Crippen MR) is 152 cm³/mol. The van der Waals surface area contributed by atoms with Crippen molar-refractivity contribution in [3.63, 3.8) is 0 Å². The van der Waals surface area contributed by atoms with Crippen LogP contribution in [0.4, 0.5) is 10.2 Å². The standard InChI is InChI=1S/C30H20FN7O2/c1-15-20-11-10-18(13-22(20)36-35-15)26-25-29(32)33-14-34-30(25)38(37-26)16(2)28-24(17-6-5-7-19(31)12-17)27(39)21-8-3-4-9-23(21)40-28/h3-14H,2H2,1H3,(H,35,36)(H2,32,33,34). The number of nitrogens with one attached hydrogen (secondary N) is 1. The molecule has 0 amide bonds. The van der Waals surface area contributed by atoms with Crippen LogP contribution in [0.3, 0.4) is 0 Å². The fourth-order valence-corrected chi connectivity index (χ4v) is 5.02. The lowest BCUT2D eigenvalue weighted by molar-refractivity contribution is 0.580. The first kappa shape index (κ1) is 23.5. The highest BCUT2D eigenvalue weighted by molar-refractivity contribution is 6.01. The number of fused-ring (bicyclic) bond motifs is 3. The van der Waals surface area contributed by atoms with Crippen molar-refractivity contribution in [1.29, 1.82) is 0 Å². The molecule has 10 heteroatoms. The number of hydrogen-bond acceptors (Lipinski definition) is 7. The molecule has 0 bridgehead atoms. The van der Waals surface area contributed by atoms with E-state index in [0.29, 0.717) is 33.3 Å². The van der Waals surface area contributed by atoms with Gasteiger partial charge in [-0.3, -0.25) is 9.89 Å². The van der Waals surface area contributed by atoms with Gasteiger partial charge in [0.2, 0.25) is 5.43 Å². The minimum atomic E-state index is -0.488. The molecule has 0 aliphatic rings. The molecule has 0 unspecified atom stereocenters. The first-order chi connectivity index (χ1) is 19.4. The van der Waals surface area contributed by atoms with Gasteiger partial charge < -0.3 is 10.2 Å². The third kappa shape index (κ3) is 3.50. The summed E-state index contributed by atoms with van der Waals surface area (Å²) in [6, 6.07) is 18.4. The third-order valence-electron chi connectivity index (χ3n) is 6.95. The molecule has 0 fully saturated rings. The summed E-state index contributed by atoms with van der Waals surface area (Å²) in [7, 11) is 0. The van der Waals surface area contributed by atoms with Gasteiger partial charge in [0.1, 0.15) is 34.9 Å². The Morgan fingerprint density at radius 1 is 1.02 bits per heavy atom. The van der Waals surface area contributed by atoms with Gasteiger partial charge in [-0.2, -0.15) is 10.2 Å². The SMILES string of the molecule is C=C(c1oc2ccccc2c(=O)c1-c1cccc(F)c1)n1nc(-c2ccc3c(C)n[nH]c3c2)c2c(N)ncnc21. The lowest BCUT2D eigenvalue weighted by Crippen LogP contribution is -2.12. The highest BCUT2D eigenvalue weighted by atomic mass is 19.1. The maximum absolute atomic E-state index is 14.3. The maximum Gasteiger partial charge on any atom is 0.201 e. The molecule has 0 saturated heterocycles. The molecule has 7 rings (SSSR count). The molecular weight excluding hydrogens is 509 g/mol. The summed E-state index contributed by atoms with van der Waals surface area (Å²) in [6.45, 7) is 6.17. The van der Waals surface area contributed by atoms with Crippen LogP contribution in [0, 0.1) is 12.7 Å². The summed E-state index contributed by atoms with van der Waals surface area (Å²) < 4.78 is 22.0. The van der Waals surface area contributed by atoms with Crippen molar-refractivity contribution in [3.8, 4) is 22.4 Å². The van der Waals surface area contributed by atoms with Crippen LogP contribution in [0.15, 0.2) is 88.8 Å². The number of anilines is 1. The van der Waals surface area contributed by atoms with Crippen LogP contribution in [0.1, 0.15) is 11.5 Å². The van der Waals surface area contributed by atoms with E-state index in [-0.39, 0.29) is 28.3 Å². The molecular formula is C30H20FN7O2. The van der Waals surface area contributed by atoms with E-state index in [9.17, 15) is 9.18 Å². The number of nitrogens with zero attached hydrogens (tertiary/aromatic N) is 5. The van der Waals surface area contributed by atoms with E-state index >= 15 is 0 Å². The Hall–Kier alpha value is -5.64. The van der Waals surface area contributed by atoms with E-state index in [4.69, 9.17) is 15.2 Å². The van der Waals surface area contributed by atoms with Gasteiger partial charge in [-0.05, 0) is 42.8 Å². The molecule has 4 heterocycles. The second-order valence-corrected chi connectivity index (χ2v) is 9.38. The Morgan fingerprint density at radius 2 is 1.88 bits per heavy atom. The highest BCUT2D eigenvalue weighted by Gasteiger charge is 2.25. The number of nitrogens with two attached hydrogens (primary N) is 1. The Balaban J connectivity index is 1.50. The van der Waals surface area contributed by atoms with Crippen LogP contribution in [0.25, 0.3) is 61.0 Å². The van der Waals surface area contributed by atoms with Crippen molar-refractivity contribution in [2.24, 2.45) is 0 Å². The number of rotatable bonds is 4. The number of aromatic amines is 1. The van der Waals surface area contributed by atoms with E-state index in [0.717, 1.165) is 22.2 Å². The zero-order valence-electron chi connectivity index (χ0n) is 21.1. The number of H-pyrrole nitrogens is 1. The molecule has 3 aromatic carbocycles. The lowest BCUT2D eigenvalue weighted by atomic mass is 10.0. The third-order valence-corrected chi connectivity index (χ3v) is 6.95. The second kappa shape index (κ2) is 8.70. The largest absolute Gasteiger partial charge is 0.454 e. The number of para-hydroxylation sites is 1. The molecule has 3 N–H and O–H groups in total. The summed E-state index contributed by atoms with van der Waals surface area (Å²) in [5.41, 5.74) is 10.4. The monoisotopic (exact) mass is 529 g/mol. The Kier molecular flexibility index (Phi) is 5.11. The second-order valence-electron chi connectivity index (χ2n) is 9.38. The molecule has 0 saturated carbocycles. The zero-order chi connectivity index (χ0) is 27.5. The quantitative estimate of drug-likeness (QED) is 0.300. The molecule has 7 aromatic rings. The van der Waals surface area contributed by atoms with Gasteiger partial charge in [-0.25, -0.2) is 19.0 Å². The van der Waals surface area contributed by atoms with Crippen LogP contribution in [-0.2, 0) is 0 Å². The predicted octanol–water partition coefficient (Wildman–Crippen LogP) is 5.69. The van der Waals surface area contributed by atoms with E-state index in [1.807, 2.05) is 25.1 Å². The number of nitrogen functional groups attached to an aromatic ring is 1. The first-order valence-corrected chi connectivity index (χ1v) is 12.4. The van der Waals surface area contributed by atoms with Gasteiger partial charge in [-0.1, -0.05) is 43.0 Å². The average Bonchev–Trinajstić information content (AvgIpc) is 3.54. The van der Waals surface area contributed by atoms with Gasteiger partial charge in [0.25, 0.3) is 0 Å². The van der Waals surface area contributed by atoms with E-state index in [1.54, 1.807) is 30.3 Å². The van der Waals surface area contributed by atoms with Crippen LogP contribution in [-0.4, -0.2) is 29.9 Å². The van der Waals surface area contributed by atoms with Gasteiger partial charge >= 0.3 is 0 Å².